The highest BCUT2D eigenvalue weighted by Crippen LogP contribution is 2.25. The number of benzene rings is 2. The van der Waals surface area contributed by atoms with Crippen LogP contribution >= 0.6 is 0 Å². The van der Waals surface area contributed by atoms with E-state index in [1.54, 1.807) is 0 Å². The number of halogens is 3. The van der Waals surface area contributed by atoms with E-state index in [4.69, 9.17) is 5.73 Å². The summed E-state index contributed by atoms with van der Waals surface area (Å²) in [6, 6.07) is 7.10. The van der Waals surface area contributed by atoms with Crippen molar-refractivity contribution in [2.24, 2.45) is 0 Å². The van der Waals surface area contributed by atoms with Crippen LogP contribution in [-0.2, 0) is 0 Å². The van der Waals surface area contributed by atoms with Gasteiger partial charge in [0.25, 0.3) is 5.91 Å². The van der Waals surface area contributed by atoms with Crippen molar-refractivity contribution >= 4 is 17.3 Å². The molecule has 0 spiro atoms. The first-order valence-corrected chi connectivity index (χ1v) is 5.30. The third-order valence-electron chi connectivity index (χ3n) is 2.48. The van der Waals surface area contributed by atoms with Crippen molar-refractivity contribution in [2.75, 3.05) is 11.1 Å². The number of hydrogen-bond acceptors (Lipinski definition) is 2. The maximum absolute atomic E-state index is 13.5. The summed E-state index contributed by atoms with van der Waals surface area (Å²) in [5, 5.41) is 2.06. The molecule has 2 rings (SSSR count). The molecule has 0 aromatic heterocycles. The van der Waals surface area contributed by atoms with E-state index < -0.39 is 29.0 Å². The summed E-state index contributed by atoms with van der Waals surface area (Å²) in [6.07, 6.45) is 0. The number of hydrogen-bond donors (Lipinski definition) is 2. The monoisotopic (exact) mass is 266 g/mol. The Balaban J connectivity index is 2.35. The van der Waals surface area contributed by atoms with Gasteiger partial charge in [-0.3, -0.25) is 4.79 Å². The number of carbonyl (C=O) groups excluding carboxylic acids is 1. The van der Waals surface area contributed by atoms with Gasteiger partial charge in [0.1, 0.15) is 11.5 Å². The molecule has 3 nitrogen and oxygen atoms in total. The minimum absolute atomic E-state index is 0.149. The summed E-state index contributed by atoms with van der Waals surface area (Å²) in [4.78, 5) is 11.8. The molecule has 0 atom stereocenters. The third-order valence-corrected chi connectivity index (χ3v) is 2.48. The number of anilines is 2. The van der Waals surface area contributed by atoms with Crippen LogP contribution in [0.15, 0.2) is 36.4 Å². The van der Waals surface area contributed by atoms with Gasteiger partial charge in [0.05, 0.1) is 11.3 Å². The molecule has 98 valence electrons. The van der Waals surface area contributed by atoms with Gasteiger partial charge in [0.2, 0.25) is 0 Å². The predicted octanol–water partition coefficient (Wildman–Crippen LogP) is 2.94. The Kier molecular flexibility index (Phi) is 3.41. The lowest BCUT2D eigenvalue weighted by Gasteiger charge is -2.10. The topological polar surface area (TPSA) is 55.1 Å². The van der Waals surface area contributed by atoms with Crippen LogP contribution in [0.5, 0.6) is 0 Å². The van der Waals surface area contributed by atoms with E-state index in [1.807, 2.05) is 0 Å². The Bertz CT molecular complexity index is 644. The molecule has 0 unspecified atom stereocenters. The van der Waals surface area contributed by atoms with Gasteiger partial charge in [0, 0.05) is 0 Å². The highest BCUT2D eigenvalue weighted by molar-refractivity contribution is 6.06. The van der Waals surface area contributed by atoms with Crippen LogP contribution in [0.25, 0.3) is 0 Å². The second-order valence-electron chi connectivity index (χ2n) is 3.76. The van der Waals surface area contributed by atoms with Gasteiger partial charge in [-0.25, -0.2) is 13.2 Å². The van der Waals surface area contributed by atoms with Crippen molar-refractivity contribution in [3.8, 4) is 0 Å². The first kappa shape index (κ1) is 12.9. The molecule has 2 aromatic carbocycles. The zero-order chi connectivity index (χ0) is 14.0. The Morgan fingerprint density at radius 3 is 2.37 bits per heavy atom. The standard InChI is InChI=1S/C13H9F3N2O/c14-8-4-2-1-3-7(8)13(19)18-12-10(17)6-5-9(15)11(12)16/h1-6H,17H2,(H,18,19). The summed E-state index contributed by atoms with van der Waals surface area (Å²) in [7, 11) is 0. The average Bonchev–Trinajstić information content (AvgIpc) is 2.39. The van der Waals surface area contributed by atoms with E-state index >= 15 is 0 Å². The molecule has 0 bridgehead atoms. The zero-order valence-electron chi connectivity index (χ0n) is 9.58. The average molecular weight is 266 g/mol. The van der Waals surface area contributed by atoms with Crippen molar-refractivity contribution in [3.63, 3.8) is 0 Å². The normalized spacial score (nSPS) is 10.3. The fourth-order valence-corrected chi connectivity index (χ4v) is 1.52. The molecular formula is C13H9F3N2O. The number of nitrogens with two attached hydrogens (primary N) is 1. The van der Waals surface area contributed by atoms with Gasteiger partial charge in [0.15, 0.2) is 11.6 Å². The minimum Gasteiger partial charge on any atom is -0.397 e. The van der Waals surface area contributed by atoms with E-state index in [0.717, 1.165) is 18.2 Å². The maximum Gasteiger partial charge on any atom is 0.258 e. The molecule has 0 fully saturated rings. The van der Waals surface area contributed by atoms with Gasteiger partial charge in [-0.1, -0.05) is 12.1 Å². The molecule has 0 saturated heterocycles. The lowest BCUT2D eigenvalue weighted by atomic mass is 10.2. The number of nitrogens with one attached hydrogen (secondary N) is 1. The number of nitrogen functional groups attached to an aromatic ring is 1. The van der Waals surface area contributed by atoms with Crippen LogP contribution in [-0.4, -0.2) is 5.91 Å². The molecule has 0 radical (unpaired) electrons. The fraction of sp³-hybridized carbons (Fsp3) is 0. The van der Waals surface area contributed by atoms with Crippen molar-refractivity contribution < 1.29 is 18.0 Å². The lowest BCUT2D eigenvalue weighted by molar-refractivity contribution is 0.102. The van der Waals surface area contributed by atoms with Crippen molar-refractivity contribution in [2.45, 2.75) is 0 Å². The summed E-state index contributed by atoms with van der Waals surface area (Å²) in [5.41, 5.74) is 4.50. The van der Waals surface area contributed by atoms with Crippen LogP contribution in [0, 0.1) is 17.5 Å². The summed E-state index contributed by atoms with van der Waals surface area (Å²) in [6.45, 7) is 0. The van der Waals surface area contributed by atoms with Gasteiger partial charge in [-0.2, -0.15) is 0 Å². The highest BCUT2D eigenvalue weighted by Gasteiger charge is 2.17. The largest absolute Gasteiger partial charge is 0.397 e. The van der Waals surface area contributed by atoms with Crippen molar-refractivity contribution in [1.82, 2.24) is 0 Å². The third kappa shape index (κ3) is 2.52. The van der Waals surface area contributed by atoms with Crippen molar-refractivity contribution in [3.05, 3.63) is 59.4 Å². The molecule has 19 heavy (non-hydrogen) atoms. The quantitative estimate of drug-likeness (QED) is 0.821. The van der Waals surface area contributed by atoms with Gasteiger partial charge in [-0.15, -0.1) is 0 Å². The number of carbonyl (C=O) groups is 1. The molecule has 0 aliphatic carbocycles. The molecule has 0 heterocycles. The van der Waals surface area contributed by atoms with Gasteiger partial charge < -0.3 is 11.1 Å². The van der Waals surface area contributed by atoms with Gasteiger partial charge in [-0.05, 0) is 24.3 Å². The van der Waals surface area contributed by atoms with E-state index in [9.17, 15) is 18.0 Å². The van der Waals surface area contributed by atoms with Crippen LogP contribution in [0.1, 0.15) is 10.4 Å². The second kappa shape index (κ2) is 5.01. The Morgan fingerprint density at radius 2 is 1.68 bits per heavy atom. The fourth-order valence-electron chi connectivity index (χ4n) is 1.52. The first-order chi connectivity index (χ1) is 9.00. The van der Waals surface area contributed by atoms with E-state index in [-0.39, 0.29) is 11.3 Å². The van der Waals surface area contributed by atoms with Crippen molar-refractivity contribution in [1.29, 1.82) is 0 Å². The maximum atomic E-state index is 13.5. The van der Waals surface area contributed by atoms with Crippen LogP contribution in [0.3, 0.4) is 0 Å². The smallest absolute Gasteiger partial charge is 0.258 e. The molecule has 3 N–H and O–H groups in total. The van der Waals surface area contributed by atoms with Crippen LogP contribution < -0.4 is 11.1 Å². The molecule has 2 aromatic rings. The molecule has 6 heteroatoms. The SMILES string of the molecule is Nc1ccc(F)c(F)c1NC(=O)c1ccccc1F. The first-order valence-electron chi connectivity index (χ1n) is 5.30. The van der Waals surface area contributed by atoms with Crippen LogP contribution in [0.2, 0.25) is 0 Å². The zero-order valence-corrected chi connectivity index (χ0v) is 9.58. The molecule has 0 aliphatic rings. The summed E-state index contributed by atoms with van der Waals surface area (Å²) in [5.74, 6) is -4.12. The molecule has 1 amide bonds. The predicted molar refractivity (Wildman–Crippen MR) is 65.1 cm³/mol. The van der Waals surface area contributed by atoms with Crippen LogP contribution in [0.4, 0.5) is 24.5 Å². The highest BCUT2D eigenvalue weighted by atomic mass is 19.2. The number of amides is 1. The van der Waals surface area contributed by atoms with E-state index in [0.29, 0.717) is 0 Å². The lowest BCUT2D eigenvalue weighted by Crippen LogP contribution is -2.16. The Labute approximate surface area is 106 Å². The Morgan fingerprint density at radius 1 is 1.00 bits per heavy atom. The minimum atomic E-state index is -1.29. The molecule has 0 aliphatic heterocycles. The van der Waals surface area contributed by atoms with E-state index in [1.165, 1.54) is 18.2 Å². The van der Waals surface area contributed by atoms with E-state index in [2.05, 4.69) is 5.32 Å². The second-order valence-corrected chi connectivity index (χ2v) is 3.76. The number of rotatable bonds is 2. The Hall–Kier alpha value is -2.50. The molecular weight excluding hydrogens is 257 g/mol. The van der Waals surface area contributed by atoms with Gasteiger partial charge >= 0.3 is 0 Å². The summed E-state index contributed by atoms with van der Waals surface area (Å²) < 4.78 is 39.9. The summed E-state index contributed by atoms with van der Waals surface area (Å²) >= 11 is 0. The molecule has 0 saturated carbocycles.